The third kappa shape index (κ3) is 5.24. The van der Waals surface area contributed by atoms with Gasteiger partial charge in [-0.2, -0.15) is 0 Å². The van der Waals surface area contributed by atoms with E-state index in [1.807, 2.05) is 12.1 Å². The Labute approximate surface area is 150 Å². The first-order chi connectivity index (χ1) is 12.0. The molecule has 0 aliphatic heterocycles. The van der Waals surface area contributed by atoms with E-state index in [1.165, 1.54) is 5.56 Å². The monoisotopic (exact) mass is 341 g/mol. The van der Waals surface area contributed by atoms with Crippen molar-refractivity contribution in [2.45, 2.75) is 33.2 Å². The van der Waals surface area contributed by atoms with E-state index in [4.69, 9.17) is 9.47 Å². The average Bonchev–Trinajstić information content (AvgIpc) is 2.64. The van der Waals surface area contributed by atoms with Gasteiger partial charge in [-0.15, -0.1) is 0 Å². The third-order valence-corrected chi connectivity index (χ3v) is 4.16. The maximum Gasteiger partial charge on any atom is 0.258 e. The van der Waals surface area contributed by atoms with Crippen LogP contribution in [0.15, 0.2) is 48.5 Å². The lowest BCUT2D eigenvalue weighted by Gasteiger charge is -2.23. The fourth-order valence-corrected chi connectivity index (χ4v) is 2.69. The second kappa shape index (κ2) is 9.11. The molecule has 4 heteroatoms. The molecule has 0 aromatic heterocycles. The molecule has 0 bridgehead atoms. The van der Waals surface area contributed by atoms with E-state index in [1.54, 1.807) is 19.2 Å². The lowest BCUT2D eigenvalue weighted by molar-refractivity contribution is -0.124. The van der Waals surface area contributed by atoms with E-state index < -0.39 is 0 Å². The zero-order valence-electron chi connectivity index (χ0n) is 15.4. The molecule has 0 unspecified atom stereocenters. The van der Waals surface area contributed by atoms with Gasteiger partial charge < -0.3 is 14.8 Å². The third-order valence-electron chi connectivity index (χ3n) is 4.16. The number of nitrogens with one attached hydrogen (secondary N) is 1. The van der Waals surface area contributed by atoms with Crippen molar-refractivity contribution >= 4 is 5.91 Å². The quantitative estimate of drug-likeness (QED) is 0.784. The zero-order valence-corrected chi connectivity index (χ0v) is 15.4. The van der Waals surface area contributed by atoms with Crippen LogP contribution in [0.1, 0.15) is 37.9 Å². The number of benzene rings is 2. The first kappa shape index (κ1) is 18.8. The number of hydrogen-bond acceptors (Lipinski definition) is 3. The van der Waals surface area contributed by atoms with Crippen molar-refractivity contribution in [1.82, 2.24) is 5.32 Å². The number of ether oxygens (including phenoxy) is 2. The molecule has 4 nitrogen and oxygen atoms in total. The normalized spacial score (nSPS) is 11.9. The van der Waals surface area contributed by atoms with E-state index >= 15 is 0 Å². The summed E-state index contributed by atoms with van der Waals surface area (Å²) in [5.41, 5.74) is 2.40. The largest absolute Gasteiger partial charge is 0.493 e. The van der Waals surface area contributed by atoms with Crippen LogP contribution in [-0.2, 0) is 11.2 Å². The summed E-state index contributed by atoms with van der Waals surface area (Å²) in [6.07, 6.45) is 1.01. The predicted octanol–water partition coefficient (Wildman–Crippen LogP) is 4.15. The molecule has 2 aromatic rings. The van der Waals surface area contributed by atoms with Crippen molar-refractivity contribution in [3.05, 3.63) is 59.7 Å². The minimum absolute atomic E-state index is 0.0420. The molecular weight excluding hydrogens is 314 g/mol. The summed E-state index contributed by atoms with van der Waals surface area (Å²) in [5, 5.41) is 3.07. The number of para-hydroxylation sites is 2. The zero-order chi connectivity index (χ0) is 18.2. The van der Waals surface area contributed by atoms with Gasteiger partial charge in [0, 0.05) is 0 Å². The molecule has 2 rings (SSSR count). The molecular formula is C21H27NO3. The van der Waals surface area contributed by atoms with Crippen LogP contribution in [-0.4, -0.2) is 19.6 Å². The highest BCUT2D eigenvalue weighted by Gasteiger charge is 2.19. The molecule has 0 aliphatic rings. The Morgan fingerprint density at radius 2 is 1.68 bits per heavy atom. The van der Waals surface area contributed by atoms with Gasteiger partial charge in [0.1, 0.15) is 0 Å². The van der Waals surface area contributed by atoms with Gasteiger partial charge >= 0.3 is 0 Å². The number of amides is 1. The van der Waals surface area contributed by atoms with Crippen LogP contribution < -0.4 is 14.8 Å². The molecule has 1 atom stereocenters. The topological polar surface area (TPSA) is 47.6 Å². The average molecular weight is 341 g/mol. The maximum absolute atomic E-state index is 12.4. The van der Waals surface area contributed by atoms with Gasteiger partial charge in [0.15, 0.2) is 18.1 Å². The highest BCUT2D eigenvalue weighted by atomic mass is 16.5. The highest BCUT2D eigenvalue weighted by Crippen LogP contribution is 2.26. The van der Waals surface area contributed by atoms with Crippen LogP contribution in [0.2, 0.25) is 0 Å². The van der Waals surface area contributed by atoms with Crippen LogP contribution >= 0.6 is 0 Å². The van der Waals surface area contributed by atoms with E-state index in [-0.39, 0.29) is 24.5 Å². The number of rotatable bonds is 8. The number of hydrogen-bond donors (Lipinski definition) is 1. The summed E-state index contributed by atoms with van der Waals surface area (Å²) in [4.78, 5) is 12.4. The predicted molar refractivity (Wildman–Crippen MR) is 100 cm³/mol. The van der Waals surface area contributed by atoms with Crippen molar-refractivity contribution < 1.29 is 14.3 Å². The molecule has 0 fully saturated rings. The molecule has 0 heterocycles. The summed E-state index contributed by atoms with van der Waals surface area (Å²) in [7, 11) is 1.58. The second-order valence-corrected chi connectivity index (χ2v) is 6.32. The summed E-state index contributed by atoms with van der Waals surface area (Å²) in [6, 6.07) is 15.7. The van der Waals surface area contributed by atoms with E-state index in [0.29, 0.717) is 11.5 Å². The molecule has 1 N–H and O–H groups in total. The second-order valence-electron chi connectivity index (χ2n) is 6.32. The van der Waals surface area contributed by atoms with E-state index in [2.05, 4.69) is 50.4 Å². The van der Waals surface area contributed by atoms with Crippen molar-refractivity contribution in [1.29, 1.82) is 0 Å². The number of carbonyl (C=O) groups is 1. The molecule has 25 heavy (non-hydrogen) atoms. The van der Waals surface area contributed by atoms with E-state index in [0.717, 1.165) is 12.0 Å². The SMILES string of the molecule is CCc1ccc([C@@H](NC(=O)COc2ccccc2OC)C(C)C)cc1. The smallest absolute Gasteiger partial charge is 0.258 e. The first-order valence-corrected chi connectivity index (χ1v) is 8.69. The Hall–Kier alpha value is -2.49. The van der Waals surface area contributed by atoms with Crippen molar-refractivity contribution in [2.24, 2.45) is 5.92 Å². The summed E-state index contributed by atoms with van der Waals surface area (Å²) in [5.74, 6) is 1.31. The summed E-state index contributed by atoms with van der Waals surface area (Å²) < 4.78 is 10.8. The van der Waals surface area contributed by atoms with E-state index in [9.17, 15) is 4.79 Å². The van der Waals surface area contributed by atoms with Crippen LogP contribution in [0.4, 0.5) is 0 Å². The molecule has 0 saturated carbocycles. The molecule has 0 spiro atoms. The minimum atomic E-state index is -0.149. The first-order valence-electron chi connectivity index (χ1n) is 8.69. The molecule has 134 valence electrons. The van der Waals surface area contributed by atoms with Crippen molar-refractivity contribution in [3.63, 3.8) is 0 Å². The lowest BCUT2D eigenvalue weighted by Crippen LogP contribution is -2.35. The fraction of sp³-hybridized carbons (Fsp3) is 0.381. The highest BCUT2D eigenvalue weighted by molar-refractivity contribution is 5.78. The Balaban J connectivity index is 2.00. The van der Waals surface area contributed by atoms with Crippen LogP contribution in [0.25, 0.3) is 0 Å². The number of aryl methyl sites for hydroxylation is 1. The van der Waals surface area contributed by atoms with Gasteiger partial charge in [0.05, 0.1) is 13.2 Å². The van der Waals surface area contributed by atoms with Crippen molar-refractivity contribution in [3.8, 4) is 11.5 Å². The Kier molecular flexibility index (Phi) is 6.87. The molecule has 2 aromatic carbocycles. The van der Waals surface area contributed by atoms with Gasteiger partial charge in [-0.1, -0.05) is 57.2 Å². The number of methoxy groups -OCH3 is 1. The summed E-state index contributed by atoms with van der Waals surface area (Å²) in [6.45, 7) is 6.28. The van der Waals surface area contributed by atoms with Crippen LogP contribution in [0, 0.1) is 5.92 Å². The van der Waals surface area contributed by atoms with Gasteiger partial charge in [-0.05, 0) is 35.6 Å². The van der Waals surface area contributed by atoms with Crippen LogP contribution in [0.3, 0.4) is 0 Å². The molecule has 0 radical (unpaired) electrons. The number of carbonyl (C=O) groups excluding carboxylic acids is 1. The Morgan fingerprint density at radius 1 is 1.04 bits per heavy atom. The fourth-order valence-electron chi connectivity index (χ4n) is 2.69. The standard InChI is InChI=1S/C21H27NO3/c1-5-16-10-12-17(13-11-16)21(15(2)3)22-20(23)14-25-19-9-7-6-8-18(19)24-4/h6-13,15,21H,5,14H2,1-4H3,(H,22,23)/t21-/m0/s1. The van der Waals surface area contributed by atoms with Crippen LogP contribution in [0.5, 0.6) is 11.5 Å². The maximum atomic E-state index is 12.4. The van der Waals surface area contributed by atoms with Gasteiger partial charge in [-0.3, -0.25) is 4.79 Å². The lowest BCUT2D eigenvalue weighted by atomic mass is 9.95. The molecule has 1 amide bonds. The van der Waals surface area contributed by atoms with Gasteiger partial charge in [0.25, 0.3) is 5.91 Å². The Bertz CT molecular complexity index is 680. The van der Waals surface area contributed by atoms with Gasteiger partial charge in [-0.25, -0.2) is 0 Å². The Morgan fingerprint density at radius 3 is 2.24 bits per heavy atom. The molecule has 0 saturated heterocycles. The van der Waals surface area contributed by atoms with Gasteiger partial charge in [0.2, 0.25) is 0 Å². The van der Waals surface area contributed by atoms with Crippen molar-refractivity contribution in [2.75, 3.05) is 13.7 Å². The molecule has 0 aliphatic carbocycles. The summed E-state index contributed by atoms with van der Waals surface area (Å²) >= 11 is 0. The minimum Gasteiger partial charge on any atom is -0.493 e.